The molecule has 8 atom stereocenters. The maximum absolute atomic E-state index is 14.7. The summed E-state index contributed by atoms with van der Waals surface area (Å²) < 4.78 is 12.9. The Morgan fingerprint density at radius 3 is 2.57 bits per heavy atom. The van der Waals surface area contributed by atoms with E-state index in [1.54, 1.807) is 24.0 Å². The Morgan fingerprint density at radius 2 is 1.91 bits per heavy atom. The minimum atomic E-state index is -1.23. The average Bonchev–Trinajstić information content (AvgIpc) is 3.67. The largest absolute Gasteiger partial charge is 0.455 e. The van der Waals surface area contributed by atoms with Gasteiger partial charge in [-0.05, 0) is 44.6 Å². The van der Waals surface area contributed by atoms with E-state index in [1.165, 1.54) is 0 Å². The van der Waals surface area contributed by atoms with Gasteiger partial charge < -0.3 is 29.7 Å². The van der Waals surface area contributed by atoms with Crippen molar-refractivity contribution in [3.8, 4) is 0 Å². The van der Waals surface area contributed by atoms with Crippen LogP contribution in [0.3, 0.4) is 0 Å². The molecule has 3 aliphatic heterocycles. The van der Waals surface area contributed by atoms with E-state index in [0.717, 1.165) is 32.1 Å². The Kier molecular flexibility index (Phi) is 11.6. The van der Waals surface area contributed by atoms with E-state index in [9.17, 15) is 24.3 Å². The van der Waals surface area contributed by atoms with E-state index in [2.05, 4.69) is 34.4 Å². The fourth-order valence-electron chi connectivity index (χ4n) is 8.21. The highest BCUT2D eigenvalue weighted by molar-refractivity contribution is 9.09. The second kappa shape index (κ2) is 15.5. The lowest BCUT2D eigenvalue weighted by Crippen LogP contribution is -2.58. The Balaban J connectivity index is 1.46. The predicted octanol–water partition coefficient (Wildman–Crippen LogP) is 4.22. The number of halogens is 1. The van der Waals surface area contributed by atoms with E-state index in [0.29, 0.717) is 31.4 Å². The van der Waals surface area contributed by atoms with Crippen molar-refractivity contribution in [1.29, 1.82) is 0 Å². The molecule has 3 heterocycles. The van der Waals surface area contributed by atoms with Gasteiger partial charge in [0.05, 0.1) is 24.0 Å². The lowest BCUT2D eigenvalue weighted by molar-refractivity contribution is -0.162. The van der Waals surface area contributed by atoms with Crippen LogP contribution in [0.15, 0.2) is 55.6 Å². The van der Waals surface area contributed by atoms with Crippen LogP contribution >= 0.6 is 15.9 Å². The summed E-state index contributed by atoms with van der Waals surface area (Å²) in [6.45, 7) is 9.74. The molecule has 10 nitrogen and oxygen atoms in total. The van der Waals surface area contributed by atoms with E-state index >= 15 is 0 Å². The lowest BCUT2D eigenvalue weighted by atomic mass is 9.70. The molecule has 1 unspecified atom stereocenters. The zero-order chi connectivity index (χ0) is 33.7. The number of carbonyl (C=O) groups excluding carboxylic acids is 4. The van der Waals surface area contributed by atoms with E-state index in [4.69, 9.17) is 9.47 Å². The van der Waals surface area contributed by atoms with Gasteiger partial charge in [-0.1, -0.05) is 77.7 Å². The predicted molar refractivity (Wildman–Crippen MR) is 180 cm³/mol. The van der Waals surface area contributed by atoms with Crippen LogP contribution < -0.4 is 5.32 Å². The zero-order valence-electron chi connectivity index (χ0n) is 27.2. The van der Waals surface area contributed by atoms with Gasteiger partial charge in [0.1, 0.15) is 17.7 Å². The first-order valence-electron chi connectivity index (χ1n) is 17.0. The Hall–Kier alpha value is -3.02. The molecule has 2 bridgehead atoms. The lowest BCUT2D eigenvalue weighted by Gasteiger charge is -2.41. The van der Waals surface area contributed by atoms with Gasteiger partial charge in [-0.3, -0.25) is 19.2 Å². The summed E-state index contributed by atoms with van der Waals surface area (Å²) in [4.78, 5) is 59.1. The van der Waals surface area contributed by atoms with Crippen LogP contribution in [0.5, 0.6) is 0 Å². The number of nitrogens with one attached hydrogen (secondary N) is 1. The number of nitrogens with zero attached hydrogens (tertiary/aromatic N) is 2. The first-order valence-corrected chi connectivity index (χ1v) is 17.9. The van der Waals surface area contributed by atoms with Gasteiger partial charge >= 0.3 is 5.97 Å². The SMILES string of the molecule is C=CCCC(=O)N[C@H](C)[C@@H](OC(=O)[C@H]1[C@@H]2O[C@@]3(CC2Br)[C@@H]1C(=O)N(CCCO)[C@@H]3C(=O)N(CC=C)C1CCCCC1)c1ccccc1. The number of carbonyl (C=O) groups is 4. The number of aliphatic hydroxyl groups is 1. The molecule has 1 aromatic rings. The quantitative estimate of drug-likeness (QED) is 0.158. The standard InChI is InChI=1S/C36H48BrN3O7/c1-4-6-18-27(42)38-23(3)30(24-14-9-7-10-15-24)46-35(45)28-29-33(43)40(20-13-21-41)32(36(29)22-26(37)31(28)47-36)34(44)39(19-5-2)25-16-11-8-12-17-25/h4-5,7,9-10,14-15,23,25-26,28-32,41H,1-2,6,8,11-13,16-22H2,3H3,(H,38,42)/t23-,26?,28-,29+,30-,31-,32-,36+/m1/s1. The van der Waals surface area contributed by atoms with Gasteiger partial charge in [0.15, 0.2) is 0 Å². The van der Waals surface area contributed by atoms with Gasteiger partial charge in [0, 0.05) is 37.0 Å². The van der Waals surface area contributed by atoms with Crippen LogP contribution in [0.2, 0.25) is 0 Å². The molecule has 1 aromatic carbocycles. The van der Waals surface area contributed by atoms with Gasteiger partial charge in [-0.15, -0.1) is 13.2 Å². The summed E-state index contributed by atoms with van der Waals surface area (Å²) in [5.74, 6) is -3.21. The van der Waals surface area contributed by atoms with Crippen LogP contribution in [-0.2, 0) is 28.7 Å². The van der Waals surface area contributed by atoms with Crippen LogP contribution in [0, 0.1) is 11.8 Å². The van der Waals surface area contributed by atoms with Crippen molar-refractivity contribution in [2.45, 2.75) is 105 Å². The van der Waals surface area contributed by atoms with Crippen LogP contribution in [0.1, 0.15) is 76.4 Å². The highest BCUT2D eigenvalue weighted by atomic mass is 79.9. The maximum Gasteiger partial charge on any atom is 0.313 e. The number of esters is 1. The Morgan fingerprint density at radius 1 is 1.19 bits per heavy atom. The minimum absolute atomic E-state index is 0.0356. The van der Waals surface area contributed by atoms with Crippen molar-refractivity contribution in [3.05, 3.63) is 61.2 Å². The maximum atomic E-state index is 14.7. The average molecular weight is 715 g/mol. The summed E-state index contributed by atoms with van der Waals surface area (Å²) >= 11 is 3.74. The van der Waals surface area contributed by atoms with Gasteiger partial charge in [-0.25, -0.2) is 0 Å². The monoisotopic (exact) mass is 713 g/mol. The Labute approximate surface area is 286 Å². The highest BCUT2D eigenvalue weighted by Gasteiger charge is 2.77. The molecule has 4 fully saturated rings. The number of amides is 3. The number of aliphatic hydroxyl groups excluding tert-OH is 1. The minimum Gasteiger partial charge on any atom is -0.455 e. The number of hydrogen-bond acceptors (Lipinski definition) is 7. The fraction of sp³-hybridized carbons (Fsp3) is 0.611. The molecule has 47 heavy (non-hydrogen) atoms. The summed E-state index contributed by atoms with van der Waals surface area (Å²) in [5.41, 5.74) is -0.526. The van der Waals surface area contributed by atoms with Crippen LogP contribution in [0.4, 0.5) is 0 Å². The molecule has 11 heteroatoms. The molecule has 4 aliphatic rings. The second-order valence-electron chi connectivity index (χ2n) is 13.3. The summed E-state index contributed by atoms with van der Waals surface area (Å²) in [5, 5.41) is 12.7. The number of alkyl halides is 1. The van der Waals surface area contributed by atoms with Crippen molar-refractivity contribution in [1.82, 2.24) is 15.1 Å². The molecule has 0 aromatic heterocycles. The number of hydrogen-bond donors (Lipinski definition) is 2. The third kappa shape index (κ3) is 6.94. The van der Waals surface area contributed by atoms with Crippen molar-refractivity contribution < 1.29 is 33.8 Å². The molecule has 1 saturated carbocycles. The molecule has 3 saturated heterocycles. The molecule has 3 amide bonds. The number of ether oxygens (including phenoxy) is 2. The van der Waals surface area contributed by atoms with E-state index in [1.807, 2.05) is 35.2 Å². The fourth-order valence-corrected chi connectivity index (χ4v) is 9.15. The van der Waals surface area contributed by atoms with Gasteiger partial charge in [0.2, 0.25) is 17.7 Å². The Bertz CT molecular complexity index is 1320. The first-order chi connectivity index (χ1) is 22.7. The second-order valence-corrected chi connectivity index (χ2v) is 14.5. The first kappa shape index (κ1) is 35.3. The number of likely N-dealkylation sites (tertiary alicyclic amines) is 1. The molecule has 0 radical (unpaired) electrons. The highest BCUT2D eigenvalue weighted by Crippen LogP contribution is 2.60. The van der Waals surface area contributed by atoms with E-state index in [-0.39, 0.29) is 48.2 Å². The smallest absolute Gasteiger partial charge is 0.313 e. The molecule has 5 rings (SSSR count). The van der Waals surface area contributed by atoms with Crippen molar-refractivity contribution in [3.63, 3.8) is 0 Å². The molecule has 1 spiro atoms. The topological polar surface area (TPSA) is 125 Å². The third-order valence-corrected chi connectivity index (χ3v) is 11.1. The number of benzene rings is 1. The third-order valence-electron chi connectivity index (χ3n) is 10.3. The molecule has 1 aliphatic carbocycles. The molecular weight excluding hydrogens is 666 g/mol. The molecule has 2 N–H and O–H groups in total. The molecular formula is C36H48BrN3O7. The van der Waals surface area contributed by atoms with Crippen LogP contribution in [0.25, 0.3) is 0 Å². The zero-order valence-corrected chi connectivity index (χ0v) is 28.8. The van der Waals surface area contributed by atoms with Crippen molar-refractivity contribution in [2.75, 3.05) is 19.7 Å². The van der Waals surface area contributed by atoms with Crippen molar-refractivity contribution in [2.24, 2.45) is 11.8 Å². The summed E-state index contributed by atoms with van der Waals surface area (Å²) in [6, 6.07) is 7.73. The van der Waals surface area contributed by atoms with Gasteiger partial charge in [-0.2, -0.15) is 0 Å². The number of fused-ring (bicyclic) bond motifs is 1. The number of allylic oxidation sites excluding steroid dienone is 1. The summed E-state index contributed by atoms with van der Waals surface area (Å²) in [7, 11) is 0. The summed E-state index contributed by atoms with van der Waals surface area (Å²) in [6.07, 6.45) is 8.30. The van der Waals surface area contributed by atoms with E-state index < -0.39 is 47.7 Å². The van der Waals surface area contributed by atoms with Crippen LogP contribution in [-0.4, -0.2) is 93.0 Å². The number of rotatable bonds is 15. The normalized spacial score (nSPS) is 29.6. The van der Waals surface area contributed by atoms with Crippen molar-refractivity contribution >= 4 is 39.6 Å². The van der Waals surface area contributed by atoms with Gasteiger partial charge in [0.25, 0.3) is 0 Å². The molecule has 256 valence electrons.